The van der Waals surface area contributed by atoms with Crippen LogP contribution in [0.5, 0.6) is 0 Å². The van der Waals surface area contributed by atoms with Crippen LogP contribution in [0.2, 0.25) is 0 Å². The number of aliphatic hydroxyl groups excluding tert-OH is 8. The van der Waals surface area contributed by atoms with Crippen molar-refractivity contribution in [2.24, 2.45) is 0 Å². The fraction of sp³-hybridized carbons (Fsp3) is 0.469. The van der Waals surface area contributed by atoms with Crippen molar-refractivity contribution >= 4 is 27.8 Å². The number of hydrogen-bond acceptors (Lipinski definition) is 12. The predicted octanol–water partition coefficient (Wildman–Crippen LogP) is -2.25. The van der Waals surface area contributed by atoms with Crippen molar-refractivity contribution < 1.29 is 59.9 Å². The summed E-state index contributed by atoms with van der Waals surface area (Å²) in [4.78, 5) is 12.6. The first kappa shape index (κ1) is 32.8. The fourth-order valence-corrected chi connectivity index (χ4v) is 5.51. The molecule has 0 bridgehead atoms. The Labute approximate surface area is 257 Å². The number of fused-ring (bicyclic) bond motifs is 3. The van der Waals surface area contributed by atoms with Crippen LogP contribution in [-0.2, 0) is 25.5 Å². The molecule has 2 aliphatic rings. The van der Waals surface area contributed by atoms with E-state index in [1.807, 2.05) is 12.1 Å². The van der Waals surface area contributed by atoms with Gasteiger partial charge in [0, 0.05) is 21.9 Å². The summed E-state index contributed by atoms with van der Waals surface area (Å²) in [5.74, 6) is 10.8. The zero-order valence-electron chi connectivity index (χ0n) is 24.2. The number of ether oxygens (including phenoxy) is 3. The molecule has 10 atom stereocenters. The zero-order valence-corrected chi connectivity index (χ0v) is 24.2. The van der Waals surface area contributed by atoms with Gasteiger partial charge in [-0.2, -0.15) is 0 Å². The molecule has 0 radical (unpaired) electrons. The van der Waals surface area contributed by atoms with Crippen molar-refractivity contribution in [1.29, 1.82) is 0 Å². The number of carbonyl (C=O) groups excluding carboxylic acids is 1. The largest absolute Gasteiger partial charge is 0.465 e. The Hall–Kier alpha value is -3.57. The number of aliphatic hydroxyl groups is 8. The normalized spacial score (nSPS) is 31.6. The van der Waals surface area contributed by atoms with Gasteiger partial charge in [-0.15, -0.1) is 0 Å². The van der Waals surface area contributed by atoms with E-state index >= 15 is 0 Å². The molecule has 13 nitrogen and oxygen atoms in total. The smallest absolute Gasteiger partial charge is 0.325 e. The van der Waals surface area contributed by atoms with E-state index in [2.05, 4.69) is 23.7 Å². The summed E-state index contributed by atoms with van der Waals surface area (Å²) in [6.45, 7) is 0.599. The molecule has 0 saturated carbocycles. The maximum atomic E-state index is 12.6. The molecule has 45 heavy (non-hydrogen) atoms. The van der Waals surface area contributed by atoms with Crippen molar-refractivity contribution in [2.75, 3.05) is 19.8 Å². The quantitative estimate of drug-likeness (QED) is 0.112. The molecule has 2 aromatic carbocycles. The van der Waals surface area contributed by atoms with Gasteiger partial charge in [-0.05, 0) is 31.2 Å². The van der Waals surface area contributed by atoms with E-state index in [1.54, 1.807) is 35.8 Å². The Morgan fingerprint density at radius 1 is 0.733 bits per heavy atom. The molecule has 0 amide bonds. The van der Waals surface area contributed by atoms with Crippen molar-refractivity contribution in [3.8, 4) is 23.7 Å². The molecule has 5 rings (SSSR count). The molecular formula is C32H35NO12. The zero-order chi connectivity index (χ0) is 32.4. The van der Waals surface area contributed by atoms with E-state index in [9.17, 15) is 45.6 Å². The highest BCUT2D eigenvalue weighted by molar-refractivity contribution is 6.09. The van der Waals surface area contributed by atoms with Gasteiger partial charge < -0.3 is 59.6 Å². The first-order valence-electron chi connectivity index (χ1n) is 14.4. The molecule has 0 spiro atoms. The predicted molar refractivity (Wildman–Crippen MR) is 157 cm³/mol. The van der Waals surface area contributed by atoms with Gasteiger partial charge in [0.05, 0.1) is 30.9 Å². The van der Waals surface area contributed by atoms with Crippen LogP contribution < -0.4 is 0 Å². The summed E-state index contributed by atoms with van der Waals surface area (Å²) in [7, 11) is 0. The van der Waals surface area contributed by atoms with Crippen LogP contribution in [0.4, 0.5) is 0 Å². The minimum absolute atomic E-state index is 0.138. The van der Waals surface area contributed by atoms with Crippen molar-refractivity contribution in [3.63, 3.8) is 0 Å². The summed E-state index contributed by atoms with van der Waals surface area (Å²) >= 11 is 0. The molecule has 8 N–H and O–H groups in total. The highest BCUT2D eigenvalue weighted by atomic mass is 16.6. The van der Waals surface area contributed by atoms with Crippen molar-refractivity contribution in [1.82, 2.24) is 4.57 Å². The van der Waals surface area contributed by atoms with Gasteiger partial charge in [0.1, 0.15) is 67.6 Å². The highest BCUT2D eigenvalue weighted by Gasteiger charge is 2.43. The molecule has 2 fully saturated rings. The van der Waals surface area contributed by atoms with E-state index in [0.29, 0.717) is 22.2 Å². The third kappa shape index (κ3) is 6.56. The number of nitrogens with zero attached hydrogens (tertiary/aromatic N) is 1. The standard InChI is InChI=1S/C32H35NO12/c1-2-43-26(36)13-33-20-11-16(5-9-22-27(37)31(41)29(39)24(14-34)44-22)3-7-18(20)19-8-4-17(12-21(19)33)6-10-23-28(38)32(42)30(40)25(15-35)45-23/h3-4,7-8,11-12,22-25,27-32,34-35,37-42H,2,13-15H2,1H3/t22-,23-,24-,25-,27-,28-,29-,30-,31-,32-/m1/s1. The molecular weight excluding hydrogens is 590 g/mol. The number of benzene rings is 2. The number of aromatic nitrogens is 1. The summed E-state index contributed by atoms with van der Waals surface area (Å²) in [5.41, 5.74) is 2.26. The average molecular weight is 626 g/mol. The van der Waals surface area contributed by atoms with Crippen LogP contribution in [0.25, 0.3) is 21.8 Å². The summed E-state index contributed by atoms with van der Waals surface area (Å²) in [6.07, 6.45) is -13.6. The number of carbonyl (C=O) groups is 1. The van der Waals surface area contributed by atoms with Gasteiger partial charge in [0.15, 0.2) is 0 Å². The van der Waals surface area contributed by atoms with Gasteiger partial charge in [-0.1, -0.05) is 35.8 Å². The number of rotatable bonds is 5. The maximum Gasteiger partial charge on any atom is 0.325 e. The molecule has 3 heterocycles. The maximum absolute atomic E-state index is 12.6. The minimum atomic E-state index is -1.55. The van der Waals surface area contributed by atoms with E-state index in [4.69, 9.17) is 14.2 Å². The van der Waals surface area contributed by atoms with E-state index in [-0.39, 0.29) is 13.2 Å². The number of hydrogen-bond donors (Lipinski definition) is 8. The second-order valence-electron chi connectivity index (χ2n) is 10.9. The van der Waals surface area contributed by atoms with Crippen LogP contribution in [0.1, 0.15) is 18.1 Å². The fourth-order valence-electron chi connectivity index (χ4n) is 5.51. The molecule has 1 aromatic heterocycles. The van der Waals surface area contributed by atoms with Gasteiger partial charge in [-0.3, -0.25) is 4.79 Å². The molecule has 240 valence electrons. The van der Waals surface area contributed by atoms with Gasteiger partial charge in [-0.25, -0.2) is 0 Å². The lowest BCUT2D eigenvalue weighted by molar-refractivity contribution is -0.214. The Balaban J connectivity index is 1.51. The Morgan fingerprint density at radius 2 is 1.18 bits per heavy atom. The topological polar surface area (TPSA) is 212 Å². The van der Waals surface area contributed by atoms with E-state index < -0.39 is 80.2 Å². The van der Waals surface area contributed by atoms with Gasteiger partial charge in [0.25, 0.3) is 0 Å². The average Bonchev–Trinajstić information content (AvgIpc) is 3.33. The van der Waals surface area contributed by atoms with Crippen LogP contribution >= 0.6 is 0 Å². The number of esters is 1. The molecule has 3 aromatic rings. The third-order valence-corrected chi connectivity index (χ3v) is 7.96. The summed E-state index contributed by atoms with van der Waals surface area (Å²) in [5, 5.41) is 81.4. The molecule has 0 aliphatic carbocycles. The lowest BCUT2D eigenvalue weighted by Gasteiger charge is -2.37. The van der Waals surface area contributed by atoms with Crippen LogP contribution in [0.3, 0.4) is 0 Å². The minimum Gasteiger partial charge on any atom is -0.465 e. The second-order valence-corrected chi connectivity index (χ2v) is 10.9. The van der Waals surface area contributed by atoms with E-state index in [0.717, 1.165) is 10.8 Å². The third-order valence-electron chi connectivity index (χ3n) is 7.96. The van der Waals surface area contributed by atoms with Gasteiger partial charge in [0.2, 0.25) is 0 Å². The Kier molecular flexibility index (Phi) is 10.1. The second kappa shape index (κ2) is 13.8. The highest BCUT2D eigenvalue weighted by Crippen LogP contribution is 2.31. The van der Waals surface area contributed by atoms with Gasteiger partial charge >= 0.3 is 5.97 Å². The Morgan fingerprint density at radius 3 is 1.58 bits per heavy atom. The molecule has 2 saturated heterocycles. The first-order chi connectivity index (χ1) is 21.6. The van der Waals surface area contributed by atoms with Crippen molar-refractivity contribution in [2.45, 2.75) is 74.5 Å². The summed E-state index contributed by atoms with van der Waals surface area (Å²) in [6, 6.07) is 10.6. The monoisotopic (exact) mass is 625 g/mol. The Bertz CT molecular complexity index is 1550. The van der Waals surface area contributed by atoms with Crippen LogP contribution in [-0.4, -0.2) is 132 Å². The van der Waals surface area contributed by atoms with Crippen LogP contribution in [0, 0.1) is 23.7 Å². The molecule has 0 unspecified atom stereocenters. The SMILES string of the molecule is CCOC(=O)Cn1c2cc(C#C[C@H]3O[C@H](CO)[C@@H](O)[C@H](O)[C@@H]3O)ccc2c2ccc(C#C[C@H]3O[C@H](CO)[C@@H](O)[C@H](O)[C@@H]3O)cc21. The lowest BCUT2D eigenvalue weighted by Crippen LogP contribution is -2.58. The lowest BCUT2D eigenvalue weighted by atomic mass is 9.95. The first-order valence-corrected chi connectivity index (χ1v) is 14.4. The van der Waals surface area contributed by atoms with Crippen LogP contribution in [0.15, 0.2) is 36.4 Å². The molecule has 2 aliphatic heterocycles. The van der Waals surface area contributed by atoms with E-state index in [1.165, 1.54) is 0 Å². The molecule has 13 heteroatoms. The summed E-state index contributed by atoms with van der Waals surface area (Å²) < 4.78 is 17.9. The van der Waals surface area contributed by atoms with Crippen molar-refractivity contribution in [3.05, 3.63) is 47.5 Å².